The number of hydrogen-bond donors (Lipinski definition) is 1. The molecule has 0 aliphatic carbocycles. The molecule has 0 bridgehead atoms. The van der Waals surface area contributed by atoms with Crippen molar-refractivity contribution in [1.29, 1.82) is 0 Å². The van der Waals surface area contributed by atoms with E-state index >= 15 is 0 Å². The fraction of sp³-hybridized carbons (Fsp3) is 0.522. The van der Waals surface area contributed by atoms with E-state index < -0.39 is 5.82 Å². The summed E-state index contributed by atoms with van der Waals surface area (Å²) in [6, 6.07) is 7.00. The highest BCUT2D eigenvalue weighted by Gasteiger charge is 2.27. The number of rotatable bonds is 5. The van der Waals surface area contributed by atoms with Crippen LogP contribution in [0.1, 0.15) is 71.4 Å². The van der Waals surface area contributed by atoms with Crippen LogP contribution in [-0.2, 0) is 15.7 Å². The molecule has 0 unspecified atom stereocenters. The zero-order valence-corrected chi connectivity index (χ0v) is 19.2. The first kappa shape index (κ1) is 23.6. The molecule has 0 aliphatic heterocycles. The summed E-state index contributed by atoms with van der Waals surface area (Å²) in [7, 11) is 0. The van der Waals surface area contributed by atoms with E-state index in [0.717, 1.165) is 5.69 Å². The summed E-state index contributed by atoms with van der Waals surface area (Å²) < 4.78 is 15.0. The first-order chi connectivity index (χ1) is 13.7. The van der Waals surface area contributed by atoms with Gasteiger partial charge in [0.25, 0.3) is 5.91 Å². The van der Waals surface area contributed by atoms with Gasteiger partial charge in [-0.25, -0.2) is 9.07 Å². The summed E-state index contributed by atoms with van der Waals surface area (Å²) in [4.78, 5) is 27.2. The molecule has 0 radical (unpaired) electrons. The lowest BCUT2D eigenvalue weighted by molar-refractivity contribution is -0.117. The number of hydrogen-bond acceptors (Lipinski definition) is 3. The van der Waals surface area contributed by atoms with E-state index in [1.165, 1.54) is 29.2 Å². The minimum absolute atomic E-state index is 0.117. The Balaban J connectivity index is 2.25. The molecule has 6 nitrogen and oxygen atoms in total. The Bertz CT molecular complexity index is 903. The normalized spacial score (nSPS) is 12.2. The van der Waals surface area contributed by atoms with E-state index in [2.05, 4.69) is 26.1 Å². The van der Waals surface area contributed by atoms with Crippen molar-refractivity contribution >= 4 is 17.6 Å². The minimum atomic E-state index is -0.412. The maximum absolute atomic E-state index is 13.2. The van der Waals surface area contributed by atoms with E-state index in [1.54, 1.807) is 4.68 Å². The lowest BCUT2D eigenvalue weighted by Crippen LogP contribution is -2.42. The Kier molecular flexibility index (Phi) is 6.74. The van der Waals surface area contributed by atoms with Crippen molar-refractivity contribution in [2.45, 2.75) is 72.4 Å². The standard InChI is InChI=1S/C23H33FN4O2/c1-15(2)27(21(30)16-9-11-17(24)12-10-16)14-20(29)25-19-13-18(22(3,4)5)26-28(19)23(6,7)8/h9-13,15H,14H2,1-8H3,(H,25,29). The van der Waals surface area contributed by atoms with Crippen molar-refractivity contribution in [1.82, 2.24) is 14.7 Å². The van der Waals surface area contributed by atoms with E-state index in [-0.39, 0.29) is 35.4 Å². The topological polar surface area (TPSA) is 67.2 Å². The molecular formula is C23H33FN4O2. The van der Waals surface area contributed by atoms with Gasteiger partial charge in [-0.1, -0.05) is 20.8 Å². The largest absolute Gasteiger partial charge is 0.327 e. The molecule has 0 atom stereocenters. The molecule has 1 N–H and O–H groups in total. The number of benzene rings is 1. The lowest BCUT2D eigenvalue weighted by atomic mass is 9.92. The van der Waals surface area contributed by atoms with Gasteiger partial charge in [0, 0.05) is 23.1 Å². The lowest BCUT2D eigenvalue weighted by Gasteiger charge is -2.27. The van der Waals surface area contributed by atoms with Crippen molar-refractivity contribution in [3.63, 3.8) is 0 Å². The van der Waals surface area contributed by atoms with Gasteiger partial charge in [0.2, 0.25) is 5.91 Å². The average Bonchev–Trinajstić information content (AvgIpc) is 3.04. The summed E-state index contributed by atoms with van der Waals surface area (Å²) in [6.45, 7) is 15.8. The Morgan fingerprint density at radius 2 is 1.67 bits per heavy atom. The second kappa shape index (κ2) is 8.58. The molecule has 2 aromatic rings. The van der Waals surface area contributed by atoms with Crippen LogP contribution in [0.3, 0.4) is 0 Å². The van der Waals surface area contributed by atoms with Gasteiger partial charge in [-0.2, -0.15) is 5.10 Å². The molecule has 1 aromatic heterocycles. The predicted octanol–water partition coefficient (Wildman–Crippen LogP) is 4.56. The highest BCUT2D eigenvalue weighted by atomic mass is 19.1. The quantitative estimate of drug-likeness (QED) is 0.777. The predicted molar refractivity (Wildman–Crippen MR) is 117 cm³/mol. The highest BCUT2D eigenvalue weighted by molar-refractivity contribution is 5.99. The first-order valence-corrected chi connectivity index (χ1v) is 10.2. The third kappa shape index (κ3) is 5.68. The molecule has 7 heteroatoms. The van der Waals surface area contributed by atoms with E-state index in [1.807, 2.05) is 40.7 Å². The molecular weight excluding hydrogens is 383 g/mol. The van der Waals surface area contributed by atoms with Crippen LogP contribution in [0.25, 0.3) is 0 Å². The summed E-state index contributed by atoms with van der Waals surface area (Å²) in [5.74, 6) is -0.453. The van der Waals surface area contributed by atoms with Crippen LogP contribution in [0.2, 0.25) is 0 Å². The zero-order chi connectivity index (χ0) is 22.9. The number of anilines is 1. The van der Waals surface area contributed by atoms with Gasteiger partial charge in [0.15, 0.2) is 0 Å². The molecule has 164 valence electrons. The van der Waals surface area contributed by atoms with Crippen molar-refractivity contribution in [2.75, 3.05) is 11.9 Å². The van der Waals surface area contributed by atoms with Crippen LogP contribution in [-0.4, -0.2) is 39.1 Å². The Labute approximate surface area is 178 Å². The van der Waals surface area contributed by atoms with Crippen molar-refractivity contribution in [2.24, 2.45) is 0 Å². The van der Waals surface area contributed by atoms with Crippen LogP contribution in [0, 0.1) is 5.82 Å². The monoisotopic (exact) mass is 416 g/mol. The zero-order valence-electron chi connectivity index (χ0n) is 19.2. The maximum atomic E-state index is 13.2. The van der Waals surface area contributed by atoms with E-state index in [4.69, 9.17) is 5.10 Å². The molecule has 1 heterocycles. The third-order valence-electron chi connectivity index (χ3n) is 4.67. The summed E-state index contributed by atoms with van der Waals surface area (Å²) in [5, 5.41) is 7.61. The molecule has 0 aliphatic rings. The van der Waals surface area contributed by atoms with Crippen LogP contribution < -0.4 is 5.32 Å². The molecule has 2 rings (SSSR count). The summed E-state index contributed by atoms with van der Waals surface area (Å²) in [5.41, 5.74) is 0.718. The smallest absolute Gasteiger partial charge is 0.254 e. The molecule has 0 fully saturated rings. The minimum Gasteiger partial charge on any atom is -0.327 e. The third-order valence-corrected chi connectivity index (χ3v) is 4.67. The number of nitrogens with zero attached hydrogens (tertiary/aromatic N) is 3. The second-order valence-electron chi connectivity index (χ2n) is 9.83. The summed E-state index contributed by atoms with van der Waals surface area (Å²) in [6.07, 6.45) is 0. The molecule has 30 heavy (non-hydrogen) atoms. The van der Waals surface area contributed by atoms with Crippen LogP contribution in [0.15, 0.2) is 30.3 Å². The Hall–Kier alpha value is -2.70. The molecule has 2 amide bonds. The van der Waals surface area contributed by atoms with Gasteiger partial charge in [0.1, 0.15) is 18.2 Å². The molecule has 0 spiro atoms. The fourth-order valence-electron chi connectivity index (χ4n) is 2.93. The molecule has 1 aromatic carbocycles. The number of amides is 2. The van der Waals surface area contributed by atoms with Gasteiger partial charge >= 0.3 is 0 Å². The fourth-order valence-corrected chi connectivity index (χ4v) is 2.93. The van der Waals surface area contributed by atoms with Gasteiger partial charge in [-0.05, 0) is 58.9 Å². The first-order valence-electron chi connectivity index (χ1n) is 10.2. The van der Waals surface area contributed by atoms with Gasteiger partial charge in [-0.3, -0.25) is 9.59 Å². The van der Waals surface area contributed by atoms with Gasteiger partial charge in [0.05, 0.1) is 11.2 Å². The van der Waals surface area contributed by atoms with Crippen molar-refractivity contribution < 1.29 is 14.0 Å². The number of aromatic nitrogens is 2. The van der Waals surface area contributed by atoms with Crippen LogP contribution >= 0.6 is 0 Å². The van der Waals surface area contributed by atoms with Crippen LogP contribution in [0.5, 0.6) is 0 Å². The highest BCUT2D eigenvalue weighted by Crippen LogP contribution is 2.28. The number of halogens is 1. The Morgan fingerprint density at radius 3 is 2.13 bits per heavy atom. The molecule has 0 saturated carbocycles. The van der Waals surface area contributed by atoms with Crippen molar-refractivity contribution in [3.8, 4) is 0 Å². The second-order valence-corrected chi connectivity index (χ2v) is 9.83. The van der Waals surface area contributed by atoms with Crippen molar-refractivity contribution in [3.05, 3.63) is 47.4 Å². The summed E-state index contributed by atoms with van der Waals surface area (Å²) >= 11 is 0. The number of carbonyl (C=O) groups is 2. The van der Waals surface area contributed by atoms with E-state index in [9.17, 15) is 14.0 Å². The SMILES string of the molecule is CC(C)N(CC(=O)Nc1cc(C(C)(C)C)nn1C(C)(C)C)C(=O)c1ccc(F)cc1. The average molecular weight is 417 g/mol. The number of nitrogens with one attached hydrogen (secondary N) is 1. The van der Waals surface area contributed by atoms with Gasteiger partial charge < -0.3 is 10.2 Å². The Morgan fingerprint density at radius 1 is 1.10 bits per heavy atom. The van der Waals surface area contributed by atoms with Crippen LogP contribution in [0.4, 0.5) is 10.2 Å². The van der Waals surface area contributed by atoms with E-state index in [0.29, 0.717) is 11.4 Å². The maximum Gasteiger partial charge on any atom is 0.254 e. The number of carbonyl (C=O) groups excluding carboxylic acids is 2. The van der Waals surface area contributed by atoms with Gasteiger partial charge in [-0.15, -0.1) is 0 Å². The molecule has 0 saturated heterocycles.